The van der Waals surface area contributed by atoms with Crippen LogP contribution in [0, 0.1) is 5.92 Å². The van der Waals surface area contributed by atoms with Crippen LogP contribution in [0.1, 0.15) is 37.3 Å². The van der Waals surface area contributed by atoms with Crippen molar-refractivity contribution in [3.8, 4) is 17.2 Å². The summed E-state index contributed by atoms with van der Waals surface area (Å²) < 4.78 is 16.2. The highest BCUT2D eigenvalue weighted by Crippen LogP contribution is 2.36. The summed E-state index contributed by atoms with van der Waals surface area (Å²) in [7, 11) is 4.84. The maximum atomic E-state index is 13.2. The molecule has 3 amide bonds. The van der Waals surface area contributed by atoms with E-state index in [-0.39, 0.29) is 29.8 Å². The van der Waals surface area contributed by atoms with Gasteiger partial charge in [-0.25, -0.2) is 4.79 Å². The second-order valence-electron chi connectivity index (χ2n) is 9.11. The fourth-order valence-electron chi connectivity index (χ4n) is 4.52. The molecule has 1 aliphatic rings. The molecule has 2 N–H and O–H groups in total. The van der Waals surface area contributed by atoms with Gasteiger partial charge >= 0.3 is 6.03 Å². The molecule has 1 heterocycles. The second-order valence-corrected chi connectivity index (χ2v) is 9.11. The Morgan fingerprint density at radius 3 is 2.37 bits per heavy atom. The molecule has 8 nitrogen and oxygen atoms in total. The van der Waals surface area contributed by atoms with Crippen molar-refractivity contribution in [2.45, 2.75) is 38.6 Å². The van der Waals surface area contributed by atoms with E-state index in [0.717, 1.165) is 16.9 Å². The predicted octanol–water partition coefficient (Wildman–Crippen LogP) is 3.59. The fraction of sp³-hybridized carbons (Fsp3) is 0.481. The monoisotopic (exact) mass is 483 g/mol. The quantitative estimate of drug-likeness (QED) is 0.569. The van der Waals surface area contributed by atoms with Crippen molar-refractivity contribution in [2.75, 3.05) is 41.0 Å². The van der Waals surface area contributed by atoms with Crippen LogP contribution in [0.15, 0.2) is 42.5 Å². The highest BCUT2D eigenvalue weighted by atomic mass is 16.5. The van der Waals surface area contributed by atoms with Gasteiger partial charge in [0.15, 0.2) is 11.5 Å². The highest BCUT2D eigenvalue weighted by Gasteiger charge is 2.35. The standard InChI is InChI=1S/C27H37N3O5/c1-18(2)29-27(32)30-16-21(20-10-11-24(34-4)25(15-20)35-5)14-22(17-30)26(31)28-13-12-19-8-6-7-9-23(19)33-3/h6-11,15,18,21-22H,12-14,16-17H2,1-5H3,(H,28,31)(H,29,32)/t21-,22+/m1/s1. The summed E-state index contributed by atoms with van der Waals surface area (Å²) in [5.74, 6) is 1.71. The van der Waals surface area contributed by atoms with E-state index in [9.17, 15) is 9.59 Å². The Bertz CT molecular complexity index is 1010. The molecule has 0 unspecified atom stereocenters. The number of amides is 3. The molecule has 190 valence electrons. The summed E-state index contributed by atoms with van der Waals surface area (Å²) in [5, 5.41) is 6.03. The fourth-order valence-corrected chi connectivity index (χ4v) is 4.52. The zero-order valence-electron chi connectivity index (χ0n) is 21.3. The Balaban J connectivity index is 1.74. The number of nitrogens with one attached hydrogen (secondary N) is 2. The molecule has 0 spiro atoms. The van der Waals surface area contributed by atoms with Crippen molar-refractivity contribution < 1.29 is 23.8 Å². The average molecular weight is 484 g/mol. The third kappa shape index (κ3) is 6.81. The lowest BCUT2D eigenvalue weighted by atomic mass is 9.84. The summed E-state index contributed by atoms with van der Waals surface area (Å²) in [5.41, 5.74) is 2.05. The van der Waals surface area contributed by atoms with Crippen LogP contribution in [-0.4, -0.2) is 63.8 Å². The lowest BCUT2D eigenvalue weighted by Gasteiger charge is -2.38. The van der Waals surface area contributed by atoms with E-state index < -0.39 is 0 Å². The van der Waals surface area contributed by atoms with Gasteiger partial charge < -0.3 is 29.7 Å². The Kier molecular flexibility index (Phi) is 9.23. The van der Waals surface area contributed by atoms with Crippen molar-refractivity contribution in [3.05, 3.63) is 53.6 Å². The summed E-state index contributed by atoms with van der Waals surface area (Å²) in [6.45, 7) is 5.25. The topological polar surface area (TPSA) is 89.1 Å². The molecule has 2 aromatic carbocycles. The first-order valence-corrected chi connectivity index (χ1v) is 12.0. The van der Waals surface area contributed by atoms with E-state index in [4.69, 9.17) is 14.2 Å². The summed E-state index contributed by atoms with van der Waals surface area (Å²) >= 11 is 0. The van der Waals surface area contributed by atoms with Crippen LogP contribution in [0.5, 0.6) is 17.2 Å². The van der Waals surface area contributed by atoms with Gasteiger partial charge in [0.05, 0.1) is 27.2 Å². The molecule has 0 aliphatic carbocycles. The van der Waals surface area contributed by atoms with E-state index in [0.29, 0.717) is 44.0 Å². The van der Waals surface area contributed by atoms with Gasteiger partial charge in [0, 0.05) is 31.6 Å². The average Bonchev–Trinajstić information content (AvgIpc) is 2.87. The maximum absolute atomic E-state index is 13.2. The van der Waals surface area contributed by atoms with E-state index in [1.165, 1.54) is 0 Å². The summed E-state index contributed by atoms with van der Waals surface area (Å²) in [6.07, 6.45) is 1.31. The largest absolute Gasteiger partial charge is 0.496 e. The van der Waals surface area contributed by atoms with Gasteiger partial charge in [-0.3, -0.25) is 4.79 Å². The van der Waals surface area contributed by atoms with Gasteiger partial charge in [-0.15, -0.1) is 0 Å². The first-order chi connectivity index (χ1) is 16.9. The molecule has 0 radical (unpaired) electrons. The molecule has 2 aromatic rings. The molecule has 0 bridgehead atoms. The number of hydrogen-bond acceptors (Lipinski definition) is 5. The number of piperidine rings is 1. The number of likely N-dealkylation sites (tertiary alicyclic amines) is 1. The minimum absolute atomic E-state index is 0.00793. The molecule has 8 heteroatoms. The minimum atomic E-state index is -0.322. The van der Waals surface area contributed by atoms with Crippen LogP contribution in [0.4, 0.5) is 4.79 Å². The number of ether oxygens (including phenoxy) is 3. The second kappa shape index (κ2) is 12.3. The molecular formula is C27H37N3O5. The number of methoxy groups -OCH3 is 3. The summed E-state index contributed by atoms with van der Waals surface area (Å²) in [4.78, 5) is 27.8. The van der Waals surface area contributed by atoms with Crippen molar-refractivity contribution in [2.24, 2.45) is 5.92 Å². The van der Waals surface area contributed by atoms with Crippen LogP contribution >= 0.6 is 0 Å². The maximum Gasteiger partial charge on any atom is 0.317 e. The number of rotatable bonds is 9. The van der Waals surface area contributed by atoms with Gasteiger partial charge in [0.1, 0.15) is 5.75 Å². The molecule has 2 atom stereocenters. The Morgan fingerprint density at radius 2 is 1.69 bits per heavy atom. The minimum Gasteiger partial charge on any atom is -0.496 e. The smallest absolute Gasteiger partial charge is 0.317 e. The van der Waals surface area contributed by atoms with Crippen molar-refractivity contribution in [3.63, 3.8) is 0 Å². The SMILES string of the molecule is COc1ccccc1CCNC(=O)[C@H]1C[C@@H](c2ccc(OC)c(OC)c2)CN(C(=O)NC(C)C)C1. The first kappa shape index (κ1) is 26.2. The first-order valence-electron chi connectivity index (χ1n) is 12.0. The van der Waals surface area contributed by atoms with Gasteiger partial charge in [-0.1, -0.05) is 24.3 Å². The molecule has 1 aliphatic heterocycles. The molecule has 1 saturated heterocycles. The van der Waals surface area contributed by atoms with Crippen molar-refractivity contribution in [1.82, 2.24) is 15.5 Å². The zero-order valence-corrected chi connectivity index (χ0v) is 21.3. The van der Waals surface area contributed by atoms with E-state index in [2.05, 4.69) is 10.6 Å². The zero-order chi connectivity index (χ0) is 25.4. The van der Waals surface area contributed by atoms with E-state index in [1.54, 1.807) is 26.2 Å². The number of nitrogens with zero attached hydrogens (tertiary/aromatic N) is 1. The van der Waals surface area contributed by atoms with Gasteiger partial charge in [-0.2, -0.15) is 0 Å². The number of hydrogen-bond donors (Lipinski definition) is 2. The highest BCUT2D eigenvalue weighted by molar-refractivity contribution is 5.81. The lowest BCUT2D eigenvalue weighted by molar-refractivity contribution is -0.126. The van der Waals surface area contributed by atoms with Crippen LogP contribution < -0.4 is 24.8 Å². The van der Waals surface area contributed by atoms with Gasteiger partial charge in [0.25, 0.3) is 0 Å². The predicted molar refractivity (Wildman–Crippen MR) is 135 cm³/mol. The number of para-hydroxylation sites is 1. The molecule has 35 heavy (non-hydrogen) atoms. The summed E-state index contributed by atoms with van der Waals surface area (Å²) in [6, 6.07) is 13.4. The van der Waals surface area contributed by atoms with Crippen molar-refractivity contribution in [1.29, 1.82) is 0 Å². The number of carbonyl (C=O) groups excluding carboxylic acids is 2. The van der Waals surface area contributed by atoms with Crippen LogP contribution in [0.2, 0.25) is 0 Å². The van der Waals surface area contributed by atoms with Crippen LogP contribution in [0.25, 0.3) is 0 Å². The van der Waals surface area contributed by atoms with E-state index >= 15 is 0 Å². The Labute approximate surface area is 207 Å². The molecule has 0 aromatic heterocycles. The van der Waals surface area contributed by atoms with Gasteiger partial charge in [-0.05, 0) is 56.0 Å². The molecule has 0 saturated carbocycles. The third-order valence-electron chi connectivity index (χ3n) is 6.29. The number of benzene rings is 2. The molecule has 3 rings (SSSR count). The number of urea groups is 1. The lowest BCUT2D eigenvalue weighted by Crippen LogP contribution is -2.52. The van der Waals surface area contributed by atoms with Crippen molar-refractivity contribution >= 4 is 11.9 Å². The Morgan fingerprint density at radius 1 is 0.971 bits per heavy atom. The third-order valence-corrected chi connectivity index (χ3v) is 6.29. The Hall–Kier alpha value is -3.42. The molecule has 1 fully saturated rings. The van der Waals surface area contributed by atoms with Crippen LogP contribution in [-0.2, 0) is 11.2 Å². The number of carbonyl (C=O) groups is 2. The normalized spacial score (nSPS) is 17.6. The van der Waals surface area contributed by atoms with Gasteiger partial charge in [0.2, 0.25) is 5.91 Å². The molecular weight excluding hydrogens is 446 g/mol. The van der Waals surface area contributed by atoms with E-state index in [1.807, 2.05) is 56.3 Å². The van der Waals surface area contributed by atoms with Crippen LogP contribution in [0.3, 0.4) is 0 Å².